The van der Waals surface area contributed by atoms with Crippen LogP contribution >= 0.6 is 0 Å². The smallest absolute Gasteiger partial charge is 0.284 e. The van der Waals surface area contributed by atoms with E-state index >= 15 is 0 Å². The summed E-state index contributed by atoms with van der Waals surface area (Å²) in [7, 11) is 0. The highest BCUT2D eigenvalue weighted by molar-refractivity contribution is 6.08. The van der Waals surface area contributed by atoms with E-state index in [1.807, 2.05) is 4.90 Å². The first kappa shape index (κ1) is 20.8. The zero-order valence-corrected chi connectivity index (χ0v) is 17.7. The first-order valence-electron chi connectivity index (χ1n) is 10.8. The topological polar surface area (TPSA) is 101 Å². The molecule has 170 valence electrons. The van der Waals surface area contributed by atoms with Gasteiger partial charge in [0.2, 0.25) is 0 Å². The van der Waals surface area contributed by atoms with Crippen LogP contribution in [0.25, 0.3) is 5.65 Å². The van der Waals surface area contributed by atoms with E-state index in [0.29, 0.717) is 30.5 Å². The van der Waals surface area contributed by atoms with Gasteiger partial charge in [0.15, 0.2) is 11.3 Å². The molecule has 0 aromatic carbocycles. The Morgan fingerprint density at radius 1 is 1.25 bits per heavy atom. The summed E-state index contributed by atoms with van der Waals surface area (Å²) in [6, 6.07) is 1.81. The molecular formula is C21H25F2N7O2. The number of nitrogens with one attached hydrogen (secondary N) is 1. The number of anilines is 2. The van der Waals surface area contributed by atoms with Crippen LogP contribution in [-0.4, -0.2) is 54.6 Å². The third-order valence-electron chi connectivity index (χ3n) is 6.36. The molecule has 1 aliphatic heterocycles. The molecule has 1 saturated heterocycles. The second-order valence-corrected chi connectivity index (χ2v) is 8.75. The summed E-state index contributed by atoms with van der Waals surface area (Å²) >= 11 is 0. The lowest BCUT2D eigenvalue weighted by atomic mass is 9.87. The molecule has 2 aliphatic rings. The van der Waals surface area contributed by atoms with Crippen molar-refractivity contribution in [2.24, 2.45) is 5.92 Å². The minimum atomic E-state index is -2.81. The maximum absolute atomic E-state index is 13.7. The predicted octanol–water partition coefficient (Wildman–Crippen LogP) is 3.05. The van der Waals surface area contributed by atoms with Gasteiger partial charge in [0.25, 0.3) is 12.3 Å². The SMILES string of the molecule is CC1CCC(n2cc(NC(=O)c3cnn4ccc(N5CC(O)C5)nc34)c(C(F)F)n2)CC1. The number of carbonyl (C=O) groups excluding carboxylic acids is 1. The van der Waals surface area contributed by atoms with Gasteiger partial charge in [-0.1, -0.05) is 6.92 Å². The number of amides is 1. The lowest BCUT2D eigenvalue weighted by Crippen LogP contribution is -2.51. The number of alkyl halides is 2. The van der Waals surface area contributed by atoms with E-state index in [-0.39, 0.29) is 17.3 Å². The Labute approximate surface area is 183 Å². The maximum Gasteiger partial charge on any atom is 0.284 e. The molecule has 0 unspecified atom stereocenters. The molecule has 9 nitrogen and oxygen atoms in total. The molecule has 2 N–H and O–H groups in total. The van der Waals surface area contributed by atoms with Crippen molar-refractivity contribution in [1.82, 2.24) is 24.4 Å². The highest BCUT2D eigenvalue weighted by Crippen LogP contribution is 2.34. The van der Waals surface area contributed by atoms with Crippen molar-refractivity contribution in [3.63, 3.8) is 0 Å². The summed E-state index contributed by atoms with van der Waals surface area (Å²) in [6.45, 7) is 3.13. The summed E-state index contributed by atoms with van der Waals surface area (Å²) in [4.78, 5) is 19.3. The molecule has 5 rings (SSSR count). The number of rotatable bonds is 5. The van der Waals surface area contributed by atoms with Crippen LogP contribution < -0.4 is 10.2 Å². The van der Waals surface area contributed by atoms with Crippen LogP contribution in [0.1, 0.15) is 61.1 Å². The number of halogens is 2. The van der Waals surface area contributed by atoms with Gasteiger partial charge in [-0.15, -0.1) is 0 Å². The molecule has 0 bridgehead atoms. The average Bonchev–Trinajstić information content (AvgIpc) is 3.36. The number of hydrogen-bond donors (Lipinski definition) is 2. The van der Waals surface area contributed by atoms with Crippen molar-refractivity contribution in [2.45, 2.75) is 51.2 Å². The van der Waals surface area contributed by atoms with Crippen molar-refractivity contribution in [2.75, 3.05) is 23.3 Å². The molecular weight excluding hydrogens is 420 g/mol. The van der Waals surface area contributed by atoms with Gasteiger partial charge in [-0.2, -0.15) is 10.2 Å². The molecule has 1 saturated carbocycles. The molecule has 0 spiro atoms. The lowest BCUT2D eigenvalue weighted by Gasteiger charge is -2.36. The Kier molecular flexibility index (Phi) is 5.28. The van der Waals surface area contributed by atoms with E-state index in [0.717, 1.165) is 25.7 Å². The summed E-state index contributed by atoms with van der Waals surface area (Å²) in [5, 5.41) is 20.4. The van der Waals surface area contributed by atoms with E-state index in [1.165, 1.54) is 16.9 Å². The summed E-state index contributed by atoms with van der Waals surface area (Å²) in [6.07, 6.45) is 5.16. The number of hydrogen-bond acceptors (Lipinski definition) is 6. The molecule has 11 heteroatoms. The number of aromatic nitrogens is 5. The number of fused-ring (bicyclic) bond motifs is 1. The summed E-state index contributed by atoms with van der Waals surface area (Å²) in [5.74, 6) is 0.667. The van der Waals surface area contributed by atoms with Gasteiger partial charge in [0, 0.05) is 25.5 Å². The molecule has 3 aromatic heterocycles. The quantitative estimate of drug-likeness (QED) is 0.626. The molecule has 1 amide bonds. The van der Waals surface area contributed by atoms with E-state index < -0.39 is 24.1 Å². The fourth-order valence-corrected chi connectivity index (χ4v) is 4.38. The Hall–Kier alpha value is -3.08. The molecule has 1 aliphatic carbocycles. The molecule has 0 atom stereocenters. The third kappa shape index (κ3) is 3.81. The Bertz CT molecular complexity index is 1130. The second kappa shape index (κ2) is 8.12. The highest BCUT2D eigenvalue weighted by Gasteiger charge is 2.28. The fraction of sp³-hybridized carbons (Fsp3) is 0.524. The first-order chi connectivity index (χ1) is 15.4. The standard InChI is InChI=1S/C21H25F2N7O2/c1-12-2-4-13(5-3-12)30-11-16(18(27-30)19(22)23)25-21(32)15-8-24-29-7-6-17(26-20(15)29)28-9-14(31)10-28/h6-8,11-14,19,31H,2-5,9-10H2,1H3,(H,25,32). The summed E-state index contributed by atoms with van der Waals surface area (Å²) in [5.41, 5.74) is 0.0580. The predicted molar refractivity (Wildman–Crippen MR) is 113 cm³/mol. The monoisotopic (exact) mass is 445 g/mol. The van der Waals surface area contributed by atoms with E-state index in [2.05, 4.69) is 27.4 Å². The van der Waals surface area contributed by atoms with Crippen LogP contribution in [-0.2, 0) is 0 Å². The summed E-state index contributed by atoms with van der Waals surface area (Å²) < 4.78 is 30.3. The van der Waals surface area contributed by atoms with Crippen LogP contribution in [0.3, 0.4) is 0 Å². The van der Waals surface area contributed by atoms with Crippen LogP contribution in [0.15, 0.2) is 24.7 Å². The number of β-amino-alcohol motifs (C(OH)–C–C–N with tert-alkyl or cyclic N) is 1. The highest BCUT2D eigenvalue weighted by atomic mass is 19.3. The molecule has 32 heavy (non-hydrogen) atoms. The van der Waals surface area contributed by atoms with Gasteiger partial charge in [0.05, 0.1) is 24.0 Å². The lowest BCUT2D eigenvalue weighted by molar-refractivity contribution is 0.102. The molecule has 3 aromatic rings. The minimum absolute atomic E-state index is 0.00462. The van der Waals surface area contributed by atoms with Gasteiger partial charge in [-0.25, -0.2) is 18.3 Å². The van der Waals surface area contributed by atoms with Crippen molar-refractivity contribution < 1.29 is 18.7 Å². The van der Waals surface area contributed by atoms with E-state index in [4.69, 9.17) is 0 Å². The van der Waals surface area contributed by atoms with Gasteiger partial charge in [-0.3, -0.25) is 9.48 Å². The zero-order chi connectivity index (χ0) is 22.4. The molecule has 2 fully saturated rings. The van der Waals surface area contributed by atoms with Crippen molar-refractivity contribution in [3.05, 3.63) is 35.9 Å². The largest absolute Gasteiger partial charge is 0.389 e. The zero-order valence-electron chi connectivity index (χ0n) is 17.7. The van der Waals surface area contributed by atoms with Crippen molar-refractivity contribution in [1.29, 1.82) is 0 Å². The minimum Gasteiger partial charge on any atom is -0.389 e. The van der Waals surface area contributed by atoms with Crippen LogP contribution in [0, 0.1) is 5.92 Å². The van der Waals surface area contributed by atoms with Gasteiger partial charge < -0.3 is 15.3 Å². The fourth-order valence-electron chi connectivity index (χ4n) is 4.38. The number of aliphatic hydroxyl groups excluding tert-OH is 1. The molecule has 0 radical (unpaired) electrons. The van der Waals surface area contributed by atoms with Crippen LogP contribution in [0.2, 0.25) is 0 Å². The number of carbonyl (C=O) groups is 1. The van der Waals surface area contributed by atoms with E-state index in [1.54, 1.807) is 16.9 Å². The van der Waals surface area contributed by atoms with Gasteiger partial charge in [-0.05, 0) is 37.7 Å². The molecule has 4 heterocycles. The van der Waals surface area contributed by atoms with Crippen molar-refractivity contribution in [3.8, 4) is 0 Å². The van der Waals surface area contributed by atoms with Gasteiger partial charge >= 0.3 is 0 Å². The van der Waals surface area contributed by atoms with E-state index in [9.17, 15) is 18.7 Å². The number of aliphatic hydroxyl groups is 1. The Balaban J connectivity index is 1.39. The first-order valence-corrected chi connectivity index (χ1v) is 10.8. The maximum atomic E-state index is 13.7. The van der Waals surface area contributed by atoms with Crippen LogP contribution in [0.5, 0.6) is 0 Å². The van der Waals surface area contributed by atoms with Crippen LogP contribution in [0.4, 0.5) is 20.3 Å². The average molecular weight is 445 g/mol. The van der Waals surface area contributed by atoms with Gasteiger partial charge in [0.1, 0.15) is 11.4 Å². The normalized spacial score (nSPS) is 21.8. The number of nitrogens with zero attached hydrogens (tertiary/aromatic N) is 6. The second-order valence-electron chi connectivity index (χ2n) is 8.75. The Morgan fingerprint density at radius 3 is 2.69 bits per heavy atom. The van der Waals surface area contributed by atoms with Crippen molar-refractivity contribution >= 4 is 23.1 Å². The third-order valence-corrected chi connectivity index (χ3v) is 6.36. The Morgan fingerprint density at radius 2 is 2.00 bits per heavy atom.